The van der Waals surface area contributed by atoms with E-state index in [9.17, 15) is 12.8 Å². The number of sulfonamides is 1. The number of thiazole rings is 1. The lowest BCUT2D eigenvalue weighted by Crippen LogP contribution is -2.35. The van der Waals surface area contributed by atoms with Gasteiger partial charge in [0.15, 0.2) is 0 Å². The molecule has 0 bridgehead atoms. The van der Waals surface area contributed by atoms with E-state index in [0.29, 0.717) is 19.6 Å². The van der Waals surface area contributed by atoms with Crippen LogP contribution in [0.5, 0.6) is 5.75 Å². The lowest BCUT2D eigenvalue weighted by atomic mass is 10.2. The molecule has 152 valence electrons. The van der Waals surface area contributed by atoms with Crippen LogP contribution in [0.4, 0.5) is 4.39 Å². The Balaban J connectivity index is 1.58. The first kappa shape index (κ1) is 20.3. The molecular weight excluding hydrogens is 435 g/mol. The summed E-state index contributed by atoms with van der Waals surface area (Å²) in [5.41, 5.74) is 1.88. The molecular formula is C20H18ClFN2O3S2. The van der Waals surface area contributed by atoms with Crippen LogP contribution >= 0.6 is 22.9 Å². The van der Waals surface area contributed by atoms with E-state index in [2.05, 4.69) is 0 Å². The number of halogens is 2. The summed E-state index contributed by atoms with van der Waals surface area (Å²) in [5, 5.41) is 0.640. The van der Waals surface area contributed by atoms with Gasteiger partial charge in [-0.2, -0.15) is 4.31 Å². The smallest absolute Gasteiger partial charge is 0.243 e. The van der Waals surface area contributed by atoms with Crippen LogP contribution in [-0.2, 0) is 23.0 Å². The van der Waals surface area contributed by atoms with E-state index in [1.165, 1.54) is 21.7 Å². The normalized spacial score (nSPS) is 14.6. The molecule has 0 saturated carbocycles. The maximum Gasteiger partial charge on any atom is 0.243 e. The van der Waals surface area contributed by atoms with E-state index in [1.807, 2.05) is 31.2 Å². The van der Waals surface area contributed by atoms with Gasteiger partial charge >= 0.3 is 0 Å². The van der Waals surface area contributed by atoms with E-state index >= 15 is 0 Å². The average molecular weight is 453 g/mol. The van der Waals surface area contributed by atoms with E-state index < -0.39 is 15.8 Å². The number of nitrogens with zero attached hydrogens (tertiary/aromatic N) is 2. The number of rotatable bonds is 5. The van der Waals surface area contributed by atoms with Gasteiger partial charge in [-0.15, -0.1) is 11.3 Å². The number of benzene rings is 2. The third-order valence-electron chi connectivity index (χ3n) is 4.64. The van der Waals surface area contributed by atoms with Crippen LogP contribution in [0, 0.1) is 5.82 Å². The lowest BCUT2D eigenvalue weighted by Gasteiger charge is -2.25. The predicted molar refractivity (Wildman–Crippen MR) is 111 cm³/mol. The van der Waals surface area contributed by atoms with Crippen molar-refractivity contribution in [3.05, 3.63) is 63.9 Å². The molecule has 2 heterocycles. The van der Waals surface area contributed by atoms with Gasteiger partial charge in [-0.25, -0.2) is 17.8 Å². The number of ether oxygens (including phenoxy) is 1. The number of hydrogen-bond acceptors (Lipinski definition) is 5. The summed E-state index contributed by atoms with van der Waals surface area (Å²) in [5.74, 6) is 0.154. The van der Waals surface area contributed by atoms with Gasteiger partial charge in [-0.05, 0) is 49.4 Å². The third kappa shape index (κ3) is 4.02. The fraction of sp³-hybridized carbons (Fsp3) is 0.250. The molecule has 1 aliphatic rings. The maximum absolute atomic E-state index is 13.4. The molecule has 0 N–H and O–H groups in total. The second-order valence-electron chi connectivity index (χ2n) is 6.51. The highest BCUT2D eigenvalue weighted by molar-refractivity contribution is 7.89. The summed E-state index contributed by atoms with van der Waals surface area (Å²) < 4.78 is 46.2. The first-order valence-electron chi connectivity index (χ1n) is 9.05. The molecule has 0 atom stereocenters. The molecule has 1 aliphatic heterocycles. The highest BCUT2D eigenvalue weighted by Crippen LogP contribution is 2.34. The molecule has 29 heavy (non-hydrogen) atoms. The van der Waals surface area contributed by atoms with Gasteiger partial charge in [0.1, 0.15) is 16.6 Å². The highest BCUT2D eigenvalue weighted by atomic mass is 35.5. The second-order valence-corrected chi connectivity index (χ2v) is 9.94. The summed E-state index contributed by atoms with van der Waals surface area (Å²) in [6.07, 6.45) is 0.525. The Morgan fingerprint density at radius 3 is 2.69 bits per heavy atom. The molecule has 0 amide bonds. The van der Waals surface area contributed by atoms with Crippen molar-refractivity contribution in [2.75, 3.05) is 13.2 Å². The molecule has 3 aromatic rings. The van der Waals surface area contributed by atoms with Crippen molar-refractivity contribution in [2.45, 2.75) is 24.8 Å². The van der Waals surface area contributed by atoms with Crippen LogP contribution in [0.3, 0.4) is 0 Å². The predicted octanol–water partition coefficient (Wildman–Crippen LogP) is 4.75. The number of hydrogen-bond donors (Lipinski definition) is 0. The molecule has 9 heteroatoms. The van der Waals surface area contributed by atoms with Crippen LogP contribution in [0.25, 0.3) is 10.6 Å². The minimum absolute atomic E-state index is 0.0106. The molecule has 1 aromatic heterocycles. The van der Waals surface area contributed by atoms with Gasteiger partial charge < -0.3 is 4.74 Å². The molecule has 0 spiro atoms. The van der Waals surface area contributed by atoms with Gasteiger partial charge in [0, 0.05) is 23.4 Å². The Bertz CT molecular complexity index is 1150. The third-order valence-corrected chi connectivity index (χ3v) is 7.90. The van der Waals surface area contributed by atoms with Gasteiger partial charge in [-0.3, -0.25) is 0 Å². The molecule has 0 radical (unpaired) electrons. The Hall–Kier alpha value is -2.00. The first-order valence-corrected chi connectivity index (χ1v) is 11.7. The van der Waals surface area contributed by atoms with Gasteiger partial charge in [-0.1, -0.05) is 11.6 Å². The number of aromatic nitrogens is 1. The van der Waals surface area contributed by atoms with Crippen molar-refractivity contribution in [3.8, 4) is 16.3 Å². The lowest BCUT2D eigenvalue weighted by molar-refractivity contribution is 0.340. The Morgan fingerprint density at radius 1 is 1.24 bits per heavy atom. The zero-order chi connectivity index (χ0) is 20.6. The largest absolute Gasteiger partial charge is 0.494 e. The van der Waals surface area contributed by atoms with Crippen molar-refractivity contribution >= 4 is 33.0 Å². The Morgan fingerprint density at radius 2 is 2.00 bits per heavy atom. The monoisotopic (exact) mass is 452 g/mol. The molecule has 2 aromatic carbocycles. The zero-order valence-corrected chi connectivity index (χ0v) is 18.0. The minimum atomic E-state index is -3.77. The fourth-order valence-electron chi connectivity index (χ4n) is 3.15. The van der Waals surface area contributed by atoms with Crippen molar-refractivity contribution in [1.82, 2.24) is 9.29 Å². The van der Waals surface area contributed by atoms with Gasteiger partial charge in [0.25, 0.3) is 0 Å². The summed E-state index contributed by atoms with van der Waals surface area (Å²) in [6.45, 7) is 3.09. The van der Waals surface area contributed by atoms with E-state index in [-0.39, 0.29) is 16.5 Å². The number of fused-ring (bicyclic) bond motifs is 1. The van der Waals surface area contributed by atoms with Crippen molar-refractivity contribution in [3.63, 3.8) is 0 Å². The topological polar surface area (TPSA) is 59.5 Å². The van der Waals surface area contributed by atoms with Crippen LogP contribution in [-0.4, -0.2) is 30.9 Å². The summed E-state index contributed by atoms with van der Waals surface area (Å²) in [6, 6.07) is 11.2. The quantitative estimate of drug-likeness (QED) is 0.560. The van der Waals surface area contributed by atoms with Crippen LogP contribution in [0.2, 0.25) is 5.02 Å². The van der Waals surface area contributed by atoms with Gasteiger partial charge in [0.05, 0.1) is 28.8 Å². The second kappa shape index (κ2) is 8.02. The Kier molecular flexibility index (Phi) is 5.61. The van der Waals surface area contributed by atoms with E-state index in [4.69, 9.17) is 21.3 Å². The minimum Gasteiger partial charge on any atom is -0.494 e. The summed E-state index contributed by atoms with van der Waals surface area (Å²) >= 11 is 7.25. The SMILES string of the molecule is CCOc1ccc(-c2nc3c(s2)CN(S(=O)(=O)c2ccc(F)c(Cl)c2)CC3)cc1. The van der Waals surface area contributed by atoms with Crippen molar-refractivity contribution in [2.24, 2.45) is 0 Å². The maximum atomic E-state index is 13.4. The van der Waals surface area contributed by atoms with E-state index in [0.717, 1.165) is 39.0 Å². The van der Waals surface area contributed by atoms with Crippen LogP contribution in [0.15, 0.2) is 47.4 Å². The molecule has 4 rings (SSSR count). The fourth-order valence-corrected chi connectivity index (χ4v) is 6.04. The van der Waals surface area contributed by atoms with Crippen molar-refractivity contribution < 1.29 is 17.5 Å². The summed E-state index contributed by atoms with van der Waals surface area (Å²) in [7, 11) is -3.77. The molecule has 0 fully saturated rings. The van der Waals surface area contributed by atoms with Gasteiger partial charge in [0.2, 0.25) is 10.0 Å². The van der Waals surface area contributed by atoms with Crippen LogP contribution in [0.1, 0.15) is 17.5 Å². The van der Waals surface area contributed by atoms with E-state index in [1.54, 1.807) is 0 Å². The molecule has 0 saturated heterocycles. The highest BCUT2D eigenvalue weighted by Gasteiger charge is 2.31. The molecule has 0 aliphatic carbocycles. The average Bonchev–Trinajstić information content (AvgIpc) is 3.14. The molecule has 0 unspecified atom stereocenters. The Labute approximate surface area is 177 Å². The standard InChI is InChI=1S/C20H18ClFN2O3S2/c1-2-27-14-5-3-13(4-6-14)20-23-18-9-10-24(12-19(18)28-20)29(25,26)15-7-8-17(22)16(21)11-15/h3-8,11H,2,9-10,12H2,1H3. The molecule has 5 nitrogen and oxygen atoms in total. The zero-order valence-electron chi connectivity index (χ0n) is 15.6. The summed E-state index contributed by atoms with van der Waals surface area (Å²) in [4.78, 5) is 5.60. The first-order chi connectivity index (χ1) is 13.9. The van der Waals surface area contributed by atoms with Crippen LogP contribution < -0.4 is 4.74 Å². The van der Waals surface area contributed by atoms with Crippen molar-refractivity contribution in [1.29, 1.82) is 0 Å².